The van der Waals surface area contributed by atoms with Gasteiger partial charge in [0.2, 0.25) is 5.91 Å². The summed E-state index contributed by atoms with van der Waals surface area (Å²) in [5.41, 5.74) is 6.21. The fourth-order valence-corrected chi connectivity index (χ4v) is 1.66. The van der Waals surface area contributed by atoms with Gasteiger partial charge in [0.05, 0.1) is 6.04 Å². The predicted molar refractivity (Wildman–Crippen MR) is 72.7 cm³/mol. The Balaban J connectivity index is 1.90. The highest BCUT2D eigenvalue weighted by Gasteiger charge is 2.16. The number of hydrogen-bond acceptors (Lipinski definition) is 5. The smallest absolute Gasteiger partial charge is 0.330 e. The van der Waals surface area contributed by atoms with Crippen LogP contribution in [0.1, 0.15) is 12.5 Å². The Bertz CT molecular complexity index is 552. The van der Waals surface area contributed by atoms with Gasteiger partial charge < -0.3 is 20.5 Å². The number of ether oxygens (including phenoxy) is 2. The zero-order chi connectivity index (χ0) is 14.5. The maximum absolute atomic E-state index is 11.6. The van der Waals surface area contributed by atoms with Gasteiger partial charge in [-0.3, -0.25) is 4.79 Å². The van der Waals surface area contributed by atoms with Crippen molar-refractivity contribution in [2.24, 2.45) is 5.73 Å². The fourth-order valence-electron chi connectivity index (χ4n) is 1.66. The Morgan fingerprint density at radius 1 is 1.45 bits per heavy atom. The molecule has 1 aromatic carbocycles. The summed E-state index contributed by atoms with van der Waals surface area (Å²) in [6.07, 6.45) is 1.74. The lowest BCUT2D eigenvalue weighted by atomic mass is 10.1. The van der Waals surface area contributed by atoms with Crippen LogP contribution in [0.4, 0.5) is 0 Å². The van der Waals surface area contributed by atoms with Crippen molar-refractivity contribution in [3.8, 4) is 5.75 Å². The van der Waals surface area contributed by atoms with Gasteiger partial charge >= 0.3 is 5.97 Å². The van der Waals surface area contributed by atoms with E-state index < -0.39 is 17.9 Å². The van der Waals surface area contributed by atoms with Crippen LogP contribution in [-0.4, -0.2) is 31.1 Å². The summed E-state index contributed by atoms with van der Waals surface area (Å²) >= 11 is 0. The zero-order valence-corrected chi connectivity index (χ0v) is 11.1. The van der Waals surface area contributed by atoms with Gasteiger partial charge in [-0.1, -0.05) is 18.2 Å². The van der Waals surface area contributed by atoms with Crippen LogP contribution in [-0.2, 0) is 14.3 Å². The van der Waals surface area contributed by atoms with E-state index in [1.807, 2.05) is 24.3 Å². The Morgan fingerprint density at radius 3 is 2.95 bits per heavy atom. The second kappa shape index (κ2) is 6.21. The van der Waals surface area contributed by atoms with E-state index in [1.54, 1.807) is 6.08 Å². The quantitative estimate of drug-likeness (QED) is 0.778. The molecule has 1 amide bonds. The Hall–Kier alpha value is -2.34. The van der Waals surface area contributed by atoms with E-state index in [0.29, 0.717) is 5.76 Å². The molecular weight excluding hydrogens is 260 g/mol. The molecule has 1 atom stereocenters. The van der Waals surface area contributed by atoms with E-state index in [-0.39, 0.29) is 13.2 Å². The number of carbonyl (C=O) groups excluding carboxylic acids is 2. The van der Waals surface area contributed by atoms with Crippen molar-refractivity contribution in [1.82, 2.24) is 5.32 Å². The van der Waals surface area contributed by atoms with Crippen LogP contribution in [0.25, 0.3) is 6.08 Å². The number of benzene rings is 1. The molecule has 0 fully saturated rings. The van der Waals surface area contributed by atoms with Gasteiger partial charge in [-0.25, -0.2) is 4.79 Å². The maximum Gasteiger partial charge on any atom is 0.330 e. The topological polar surface area (TPSA) is 90.7 Å². The van der Waals surface area contributed by atoms with E-state index in [9.17, 15) is 9.59 Å². The van der Waals surface area contributed by atoms with E-state index in [1.165, 1.54) is 6.92 Å². The highest BCUT2D eigenvalue weighted by Crippen LogP contribution is 2.25. The van der Waals surface area contributed by atoms with Crippen molar-refractivity contribution in [3.05, 3.63) is 35.6 Å². The SMILES string of the molecule is C[C@H](N)C(=O)NCC(=O)OC1=Cc2ccccc2OC1. The molecular formula is C14H16N2O4. The van der Waals surface area contributed by atoms with Crippen LogP contribution in [0.3, 0.4) is 0 Å². The van der Waals surface area contributed by atoms with Crippen molar-refractivity contribution in [3.63, 3.8) is 0 Å². The van der Waals surface area contributed by atoms with E-state index in [4.69, 9.17) is 15.2 Å². The number of esters is 1. The van der Waals surface area contributed by atoms with Crippen LogP contribution in [0.5, 0.6) is 5.75 Å². The third-order valence-electron chi connectivity index (χ3n) is 2.67. The molecule has 1 heterocycles. The normalized spacial score (nSPS) is 14.4. The first kappa shape index (κ1) is 14.1. The molecule has 2 rings (SSSR count). The van der Waals surface area contributed by atoms with E-state index in [2.05, 4.69) is 5.32 Å². The highest BCUT2D eigenvalue weighted by atomic mass is 16.6. The van der Waals surface area contributed by atoms with Gasteiger partial charge in [0.15, 0.2) is 0 Å². The molecule has 0 radical (unpaired) electrons. The maximum atomic E-state index is 11.6. The molecule has 1 aromatic rings. The Kier molecular flexibility index (Phi) is 4.37. The molecule has 1 aliphatic heterocycles. The molecule has 1 aliphatic rings. The molecule has 0 aliphatic carbocycles. The summed E-state index contributed by atoms with van der Waals surface area (Å²) in [7, 11) is 0. The van der Waals surface area contributed by atoms with Crippen LogP contribution in [0, 0.1) is 0 Å². The number of nitrogens with two attached hydrogens (primary N) is 1. The van der Waals surface area contributed by atoms with Gasteiger partial charge in [0, 0.05) is 5.56 Å². The fraction of sp³-hybridized carbons (Fsp3) is 0.286. The van der Waals surface area contributed by atoms with Crippen molar-refractivity contribution >= 4 is 18.0 Å². The summed E-state index contributed by atoms with van der Waals surface area (Å²) in [6, 6.07) is 6.78. The molecule has 6 heteroatoms. The predicted octanol–water partition coefficient (Wildman–Crippen LogP) is 0.426. The minimum absolute atomic E-state index is 0.185. The Morgan fingerprint density at radius 2 is 2.20 bits per heavy atom. The molecule has 0 spiro atoms. The minimum atomic E-state index is -0.660. The average Bonchev–Trinajstić information content (AvgIpc) is 2.44. The van der Waals surface area contributed by atoms with Gasteiger partial charge in [-0.05, 0) is 19.1 Å². The van der Waals surface area contributed by atoms with Gasteiger partial charge in [0.25, 0.3) is 0 Å². The van der Waals surface area contributed by atoms with E-state index in [0.717, 1.165) is 11.3 Å². The first-order chi connectivity index (χ1) is 9.56. The second-order valence-corrected chi connectivity index (χ2v) is 4.42. The number of fused-ring (bicyclic) bond motifs is 1. The molecule has 0 aromatic heterocycles. The molecule has 0 bridgehead atoms. The van der Waals surface area contributed by atoms with Gasteiger partial charge in [-0.2, -0.15) is 0 Å². The van der Waals surface area contributed by atoms with Crippen LogP contribution in [0.2, 0.25) is 0 Å². The first-order valence-electron chi connectivity index (χ1n) is 6.22. The molecule has 3 N–H and O–H groups in total. The highest BCUT2D eigenvalue weighted by molar-refractivity contribution is 5.85. The van der Waals surface area contributed by atoms with Gasteiger partial charge in [0.1, 0.15) is 24.7 Å². The lowest BCUT2D eigenvalue weighted by Crippen LogP contribution is -2.41. The summed E-state index contributed by atoms with van der Waals surface area (Å²) in [6.45, 7) is 1.50. The average molecular weight is 276 g/mol. The Labute approximate surface area is 116 Å². The largest absolute Gasteiger partial charge is 0.485 e. The van der Waals surface area contributed by atoms with Gasteiger partial charge in [-0.15, -0.1) is 0 Å². The van der Waals surface area contributed by atoms with Crippen molar-refractivity contribution < 1.29 is 19.1 Å². The third kappa shape index (κ3) is 3.58. The number of rotatable bonds is 4. The molecule has 20 heavy (non-hydrogen) atoms. The summed E-state index contributed by atoms with van der Waals surface area (Å²) in [5.74, 6) is 0.190. The summed E-state index contributed by atoms with van der Waals surface area (Å²) in [4.78, 5) is 22.8. The van der Waals surface area contributed by atoms with Crippen molar-refractivity contribution in [2.75, 3.05) is 13.2 Å². The number of amides is 1. The monoisotopic (exact) mass is 276 g/mol. The number of hydrogen-bond donors (Lipinski definition) is 2. The second-order valence-electron chi connectivity index (χ2n) is 4.42. The standard InChI is InChI=1S/C14H16N2O4/c1-9(15)14(18)16-7-13(17)20-11-6-10-4-2-3-5-12(10)19-8-11/h2-6,9H,7-8,15H2,1H3,(H,16,18)/t9-/m0/s1. The zero-order valence-electron chi connectivity index (χ0n) is 11.1. The summed E-state index contributed by atoms with van der Waals surface area (Å²) in [5, 5.41) is 2.38. The first-order valence-corrected chi connectivity index (χ1v) is 6.22. The molecule has 0 saturated carbocycles. The molecule has 6 nitrogen and oxygen atoms in total. The van der Waals surface area contributed by atoms with Crippen LogP contribution >= 0.6 is 0 Å². The lowest BCUT2D eigenvalue weighted by Gasteiger charge is -2.17. The minimum Gasteiger partial charge on any atom is -0.485 e. The van der Waals surface area contributed by atoms with Crippen LogP contribution in [0.15, 0.2) is 30.0 Å². The number of carbonyl (C=O) groups is 2. The van der Waals surface area contributed by atoms with E-state index >= 15 is 0 Å². The van der Waals surface area contributed by atoms with Crippen LogP contribution < -0.4 is 15.8 Å². The third-order valence-corrected chi connectivity index (χ3v) is 2.67. The molecule has 106 valence electrons. The molecule has 0 unspecified atom stereocenters. The summed E-state index contributed by atoms with van der Waals surface area (Å²) < 4.78 is 10.6. The lowest BCUT2D eigenvalue weighted by molar-refractivity contribution is -0.140. The number of nitrogens with one attached hydrogen (secondary N) is 1. The molecule has 0 saturated heterocycles. The number of para-hydroxylation sites is 1. The van der Waals surface area contributed by atoms with Crippen molar-refractivity contribution in [1.29, 1.82) is 0 Å². The van der Waals surface area contributed by atoms with Crippen molar-refractivity contribution in [2.45, 2.75) is 13.0 Å².